The van der Waals surface area contributed by atoms with Gasteiger partial charge in [-0.2, -0.15) is 0 Å². The highest BCUT2D eigenvalue weighted by atomic mass is 79.9. The van der Waals surface area contributed by atoms with E-state index in [2.05, 4.69) is 154 Å². The third kappa shape index (κ3) is 11.9. The molecule has 8 aromatic carbocycles. The fraction of sp³-hybridized carbons (Fsp3) is 0.286. The number of nitrogens with zero attached hydrogens (tertiary/aromatic N) is 4. The number of aromatic hydroxyl groups is 1. The maximum Gasteiger partial charge on any atom is 0.121 e. The maximum absolute atomic E-state index is 9.79. The van der Waals surface area contributed by atoms with Crippen molar-refractivity contribution in [1.29, 1.82) is 0 Å². The van der Waals surface area contributed by atoms with Gasteiger partial charge >= 0.3 is 0 Å². The Morgan fingerprint density at radius 1 is 0.388 bits per heavy atom. The third-order valence-corrected chi connectivity index (χ3v) is 14.6. The molecule has 0 saturated carbocycles. The zero-order valence-electron chi connectivity index (χ0n) is 37.8. The first-order chi connectivity index (χ1) is 32.6. The number of benzene rings is 8. The molecule has 67 heavy (non-hydrogen) atoms. The van der Waals surface area contributed by atoms with E-state index in [0.717, 1.165) is 108 Å². The largest absolute Gasteiger partial charge is 0.508 e. The minimum Gasteiger partial charge on any atom is -0.508 e. The highest BCUT2D eigenvalue weighted by Gasteiger charge is 2.16. The smallest absolute Gasteiger partial charge is 0.121 e. The molecule has 0 bridgehead atoms. The zero-order chi connectivity index (χ0) is 46.9. The van der Waals surface area contributed by atoms with Gasteiger partial charge in [0.1, 0.15) is 11.5 Å². The van der Waals surface area contributed by atoms with Gasteiger partial charge < -0.3 is 9.84 Å². The molecule has 10 rings (SSSR count). The highest BCUT2D eigenvalue weighted by Crippen LogP contribution is 2.39. The average Bonchev–Trinajstić information content (AvgIpc) is 3.33. The lowest BCUT2D eigenvalue weighted by Crippen LogP contribution is -1.98. The first-order valence-electron chi connectivity index (χ1n) is 23.4. The van der Waals surface area contributed by atoms with Crippen molar-refractivity contribution in [1.82, 2.24) is 19.9 Å². The van der Waals surface area contributed by atoms with E-state index in [0.29, 0.717) is 5.52 Å². The van der Waals surface area contributed by atoms with Crippen LogP contribution >= 0.6 is 79.6 Å². The van der Waals surface area contributed by atoms with Crippen molar-refractivity contribution in [3.05, 3.63) is 127 Å². The number of halogens is 5. The van der Waals surface area contributed by atoms with Crippen molar-refractivity contribution >= 4 is 167 Å². The van der Waals surface area contributed by atoms with Crippen molar-refractivity contribution in [3.8, 4) is 11.5 Å². The molecule has 10 aromatic rings. The van der Waals surface area contributed by atoms with E-state index in [1.54, 1.807) is 18.2 Å². The van der Waals surface area contributed by atoms with Crippen LogP contribution in [0.3, 0.4) is 0 Å². The monoisotopic (exact) mass is 1210 g/mol. The van der Waals surface area contributed by atoms with Gasteiger partial charge in [0, 0.05) is 56.9 Å². The van der Waals surface area contributed by atoms with E-state index >= 15 is 0 Å². The van der Waals surface area contributed by atoms with Crippen LogP contribution in [-0.2, 0) is 0 Å². The zero-order valence-corrected chi connectivity index (χ0v) is 45.8. The molecule has 0 radical (unpaired) electrons. The van der Waals surface area contributed by atoms with Crippen LogP contribution in [0.15, 0.2) is 127 Å². The van der Waals surface area contributed by atoms with Crippen molar-refractivity contribution in [2.75, 3.05) is 11.9 Å². The summed E-state index contributed by atoms with van der Waals surface area (Å²) in [7, 11) is 0. The predicted molar refractivity (Wildman–Crippen MR) is 303 cm³/mol. The van der Waals surface area contributed by atoms with Gasteiger partial charge in [-0.05, 0) is 107 Å². The number of alkyl halides is 1. The number of phenols is 1. The number of ether oxygens (including phenoxy) is 1. The second-order valence-corrected chi connectivity index (χ2v) is 21.5. The summed E-state index contributed by atoms with van der Waals surface area (Å²) in [5.41, 5.74) is 6.72. The molecular formula is C56H53Br5N4O2. The lowest BCUT2D eigenvalue weighted by molar-refractivity contribution is 0.304. The molecule has 0 saturated heterocycles. The van der Waals surface area contributed by atoms with Gasteiger partial charge in [0.2, 0.25) is 0 Å². The number of hydrogen-bond donors (Lipinski definition) is 1. The van der Waals surface area contributed by atoms with Gasteiger partial charge in [0.25, 0.3) is 0 Å². The first kappa shape index (κ1) is 49.4. The molecule has 0 aliphatic carbocycles. The van der Waals surface area contributed by atoms with E-state index < -0.39 is 0 Å². The van der Waals surface area contributed by atoms with Crippen LogP contribution in [0.4, 0.5) is 0 Å². The molecule has 2 aromatic heterocycles. The molecule has 0 atom stereocenters. The van der Waals surface area contributed by atoms with Gasteiger partial charge in [-0.3, -0.25) is 0 Å². The molecule has 0 fully saturated rings. The van der Waals surface area contributed by atoms with Crippen LogP contribution in [0.1, 0.15) is 90.9 Å². The standard InChI is InChI=1S/C28H26Br2N2O.C20H10Br2N2O.C8H17Br/c1-2-3-4-5-6-7-14-33-20-10-13-25-26(17-20)32-28-24-16-19(30)9-12-22(24)21-11-8-18(29)15-23(21)27(28)31-25;21-10-1-4-13-14-5-2-11(22)8-16(14)20-19(15(13)7-10)23-17-6-3-12(25)9-18(17)24-20;1-2-3-4-5-6-7-8-9/h8-13,15-17H,2-7,14H2,1H3;1-9,25H;2-8H2,1H3. The minimum atomic E-state index is 0.190. The van der Waals surface area contributed by atoms with Crippen molar-refractivity contribution in [2.24, 2.45) is 0 Å². The lowest BCUT2D eigenvalue weighted by Gasteiger charge is -2.12. The molecule has 6 nitrogen and oxygen atoms in total. The van der Waals surface area contributed by atoms with Gasteiger partial charge in [-0.25, -0.2) is 19.9 Å². The van der Waals surface area contributed by atoms with Crippen LogP contribution in [0.2, 0.25) is 0 Å². The first-order valence-corrected chi connectivity index (χ1v) is 27.7. The normalized spacial score (nSPS) is 11.5. The van der Waals surface area contributed by atoms with E-state index in [1.807, 2.05) is 30.3 Å². The predicted octanol–water partition coefficient (Wildman–Crippen LogP) is 19.4. The molecule has 0 amide bonds. The van der Waals surface area contributed by atoms with Gasteiger partial charge in [0.15, 0.2) is 0 Å². The van der Waals surface area contributed by atoms with E-state index in [4.69, 9.17) is 24.7 Å². The summed E-state index contributed by atoms with van der Waals surface area (Å²) in [5, 5.41) is 19.9. The van der Waals surface area contributed by atoms with Crippen molar-refractivity contribution in [3.63, 3.8) is 0 Å². The summed E-state index contributed by atoms with van der Waals surface area (Å²) >= 11 is 17.8. The van der Waals surface area contributed by atoms with Crippen LogP contribution in [0, 0.1) is 0 Å². The van der Waals surface area contributed by atoms with Gasteiger partial charge in [0.05, 0.1) is 50.7 Å². The Kier molecular flexibility index (Phi) is 17.4. The SMILES string of the molecule is CCCCCCCCBr.CCCCCCCCOc1ccc2nc3c4cc(Br)ccc4c4ccc(Br)cc4c3nc2c1.Oc1ccc2nc3c4cc(Br)ccc4c4ccc(Br)cc4c3nc2c1. The van der Waals surface area contributed by atoms with Crippen molar-refractivity contribution < 1.29 is 9.84 Å². The Balaban J connectivity index is 0.000000158. The second-order valence-electron chi connectivity index (χ2n) is 17.0. The van der Waals surface area contributed by atoms with Gasteiger partial charge in [-0.1, -0.05) is 182 Å². The molecule has 344 valence electrons. The van der Waals surface area contributed by atoms with Crippen LogP contribution in [-0.4, -0.2) is 37.0 Å². The Bertz CT molecular complexity index is 3360. The number of aromatic nitrogens is 4. The molecule has 2 heterocycles. The van der Waals surface area contributed by atoms with Crippen LogP contribution in [0.25, 0.3) is 87.2 Å². The van der Waals surface area contributed by atoms with E-state index in [1.165, 1.54) is 86.7 Å². The molecule has 11 heteroatoms. The summed E-state index contributed by atoms with van der Waals surface area (Å²) in [5.74, 6) is 1.05. The maximum atomic E-state index is 9.79. The fourth-order valence-electron chi connectivity index (χ4n) is 8.65. The average molecular weight is 1210 g/mol. The second kappa shape index (κ2) is 23.5. The summed E-state index contributed by atoms with van der Waals surface area (Å²) in [6.45, 7) is 5.25. The van der Waals surface area contributed by atoms with Crippen LogP contribution in [0.5, 0.6) is 11.5 Å². The molecule has 1 N–H and O–H groups in total. The summed E-state index contributed by atoms with van der Waals surface area (Å²) < 4.78 is 10.1. The lowest BCUT2D eigenvalue weighted by atomic mass is 9.99. The Morgan fingerprint density at radius 2 is 0.761 bits per heavy atom. The number of phenolic OH excluding ortho intramolecular Hbond substituents is 1. The van der Waals surface area contributed by atoms with Crippen molar-refractivity contribution in [2.45, 2.75) is 90.9 Å². The highest BCUT2D eigenvalue weighted by molar-refractivity contribution is 9.11. The van der Waals surface area contributed by atoms with E-state index in [9.17, 15) is 5.11 Å². The number of fused-ring (bicyclic) bond motifs is 14. The minimum absolute atomic E-state index is 0.190. The quantitative estimate of drug-likeness (QED) is 0.0506. The number of rotatable bonds is 14. The molecule has 0 unspecified atom stereocenters. The molecule has 0 spiro atoms. The Morgan fingerprint density at radius 3 is 1.19 bits per heavy atom. The Hall–Kier alpha value is -4.00. The summed E-state index contributed by atoms with van der Waals surface area (Å²) in [6, 6.07) is 36.3. The molecule has 0 aliphatic rings. The Labute approximate surface area is 434 Å². The van der Waals surface area contributed by atoms with E-state index in [-0.39, 0.29) is 5.75 Å². The number of hydrogen-bond acceptors (Lipinski definition) is 6. The van der Waals surface area contributed by atoms with Gasteiger partial charge in [-0.15, -0.1) is 0 Å². The topological polar surface area (TPSA) is 81.0 Å². The number of unbranched alkanes of at least 4 members (excludes halogenated alkanes) is 10. The van der Waals surface area contributed by atoms with Crippen LogP contribution < -0.4 is 4.74 Å². The summed E-state index contributed by atoms with van der Waals surface area (Å²) in [6.07, 6.45) is 15.9. The summed E-state index contributed by atoms with van der Waals surface area (Å²) in [4.78, 5) is 19.8. The third-order valence-electron chi connectivity index (χ3n) is 12.1. The fourth-order valence-corrected chi connectivity index (χ4v) is 10.5. The molecule has 0 aliphatic heterocycles. The molecular weight excluding hydrogens is 1160 g/mol.